The fourth-order valence-electron chi connectivity index (χ4n) is 4.47. The largest absolute Gasteiger partial charge is 0.461 e. The SMILES string of the molecule is BrCc1ccccc1.C=CCOC(=O)C(C)(C)OC(=O)C(C)Oc1nc(F)c(Cl)c(N)c1Cl.C=CCOC(=O)C(C)(C)OC(=O)C(C)Oc1nc(F)c(Cl)c(NCc2ccccc2)c1Cl. The number of anilines is 2. The summed E-state index contributed by atoms with van der Waals surface area (Å²) < 4.78 is 58.4. The highest BCUT2D eigenvalue weighted by Gasteiger charge is 2.37. The minimum absolute atomic E-state index is 0.0330. The molecular formula is C44H47BrCl4F2N4O10. The summed E-state index contributed by atoms with van der Waals surface area (Å²) >= 11 is 27.1. The van der Waals surface area contributed by atoms with Gasteiger partial charge in [-0.2, -0.15) is 18.7 Å². The molecule has 3 N–H and O–H groups in total. The minimum Gasteiger partial charge on any atom is -0.461 e. The predicted octanol–water partition coefficient (Wildman–Crippen LogP) is 10.5. The Kier molecular flexibility index (Phi) is 23.0. The minimum atomic E-state index is -1.58. The molecule has 0 radical (unpaired) electrons. The van der Waals surface area contributed by atoms with Crippen molar-refractivity contribution in [1.29, 1.82) is 0 Å². The number of hydrogen-bond donors (Lipinski definition) is 2. The lowest BCUT2D eigenvalue weighted by Crippen LogP contribution is -2.42. The van der Waals surface area contributed by atoms with Crippen LogP contribution in [-0.2, 0) is 50.0 Å². The molecule has 2 atom stereocenters. The number of nitrogens with one attached hydrogen (secondary N) is 1. The van der Waals surface area contributed by atoms with Gasteiger partial charge in [0.05, 0.1) is 11.4 Å². The Bertz CT molecular complexity index is 2280. The second-order valence-corrected chi connectivity index (χ2v) is 16.1. The number of nitrogens with two attached hydrogens (primary N) is 1. The number of hydrogen-bond acceptors (Lipinski definition) is 14. The van der Waals surface area contributed by atoms with Gasteiger partial charge in [0.2, 0.25) is 34.9 Å². The zero-order chi connectivity index (χ0) is 49.1. The molecule has 0 fully saturated rings. The van der Waals surface area contributed by atoms with Gasteiger partial charge in [-0.15, -0.1) is 0 Å². The molecule has 0 aliphatic carbocycles. The summed E-state index contributed by atoms with van der Waals surface area (Å²) in [5, 5.41) is 2.75. The average molecular weight is 1050 g/mol. The first-order chi connectivity index (χ1) is 30.5. The van der Waals surface area contributed by atoms with Gasteiger partial charge in [0.25, 0.3) is 0 Å². The molecule has 4 aromatic rings. The molecule has 2 heterocycles. The van der Waals surface area contributed by atoms with Gasteiger partial charge in [-0.05, 0) is 52.7 Å². The van der Waals surface area contributed by atoms with Crippen molar-refractivity contribution in [3.63, 3.8) is 0 Å². The fourth-order valence-corrected chi connectivity index (χ4v) is 5.71. The van der Waals surface area contributed by atoms with E-state index in [1.54, 1.807) is 0 Å². The van der Waals surface area contributed by atoms with Crippen molar-refractivity contribution in [2.45, 2.75) is 76.8 Å². The van der Waals surface area contributed by atoms with Crippen molar-refractivity contribution in [3.05, 3.63) is 129 Å². The number of benzene rings is 2. The summed E-state index contributed by atoms with van der Waals surface area (Å²) in [6.07, 6.45) is 0.216. The zero-order valence-electron chi connectivity index (χ0n) is 36.0. The van der Waals surface area contributed by atoms with Crippen LogP contribution in [0.25, 0.3) is 0 Å². The Labute approximate surface area is 403 Å². The van der Waals surface area contributed by atoms with E-state index in [0.29, 0.717) is 6.54 Å². The standard InChI is InChI=1S/C22H23Cl2FN2O5.C15H17Cl2FN2O5.C7H7Br/c1-5-11-30-21(29)22(3,4)32-20(28)13(2)31-19-16(24)17(15(23)18(25)27-19)26-12-14-9-7-6-8-10-14;1-5-6-23-14(22)15(3,4)25-13(21)7(2)24-12-9(17)10(19)8(16)11(18)20-12;8-6-7-4-2-1-3-5-7/h5-10,13H,1,11-12H2,2-4H3,(H,26,27);5,7H,1,6H2,2-4H3,(H2,19,20);1-5H,6H2. The molecule has 0 aliphatic heterocycles. The quantitative estimate of drug-likeness (QED) is 0.0315. The number of alkyl halides is 1. The van der Waals surface area contributed by atoms with Gasteiger partial charge in [-0.3, -0.25) is 0 Å². The number of aromatic nitrogens is 2. The Morgan fingerprint density at radius 1 is 0.708 bits per heavy atom. The topological polar surface area (TPSA) is 187 Å². The number of nitrogen functional groups attached to an aromatic ring is 1. The average Bonchev–Trinajstić information content (AvgIpc) is 3.28. The number of carbonyl (C=O) groups is 4. The van der Waals surface area contributed by atoms with Gasteiger partial charge >= 0.3 is 23.9 Å². The van der Waals surface area contributed by atoms with Crippen LogP contribution in [0.2, 0.25) is 20.1 Å². The summed E-state index contributed by atoms with van der Waals surface area (Å²) in [5.41, 5.74) is 4.38. The van der Waals surface area contributed by atoms with Crippen LogP contribution < -0.4 is 20.5 Å². The van der Waals surface area contributed by atoms with E-state index in [-0.39, 0.29) is 45.5 Å². The van der Waals surface area contributed by atoms with Crippen LogP contribution in [0.3, 0.4) is 0 Å². The third kappa shape index (κ3) is 17.6. The monoisotopic (exact) mass is 1050 g/mol. The van der Waals surface area contributed by atoms with Crippen molar-refractivity contribution in [2.75, 3.05) is 24.3 Å². The Balaban J connectivity index is 0.000000388. The molecule has 4 rings (SSSR count). The molecule has 21 heteroatoms. The highest BCUT2D eigenvalue weighted by atomic mass is 79.9. The van der Waals surface area contributed by atoms with Gasteiger partial charge in [0, 0.05) is 11.9 Å². The van der Waals surface area contributed by atoms with Crippen molar-refractivity contribution in [2.24, 2.45) is 0 Å². The smallest absolute Gasteiger partial charge is 0.350 e. The molecule has 0 bridgehead atoms. The first-order valence-electron chi connectivity index (χ1n) is 19.1. The van der Waals surface area contributed by atoms with Crippen LogP contribution in [0.15, 0.2) is 86.0 Å². The van der Waals surface area contributed by atoms with Gasteiger partial charge in [-0.1, -0.05) is 148 Å². The lowest BCUT2D eigenvalue weighted by atomic mass is 10.1. The zero-order valence-corrected chi connectivity index (χ0v) is 40.6. The molecule has 65 heavy (non-hydrogen) atoms. The number of pyridine rings is 2. The Morgan fingerprint density at radius 3 is 1.51 bits per heavy atom. The van der Waals surface area contributed by atoms with E-state index in [0.717, 1.165) is 10.9 Å². The summed E-state index contributed by atoms with van der Waals surface area (Å²) in [7, 11) is 0. The molecule has 2 aromatic heterocycles. The second-order valence-electron chi connectivity index (χ2n) is 14.1. The Morgan fingerprint density at radius 2 is 1.11 bits per heavy atom. The van der Waals surface area contributed by atoms with Gasteiger partial charge in [-0.25, -0.2) is 19.2 Å². The predicted molar refractivity (Wildman–Crippen MR) is 249 cm³/mol. The number of nitrogens with zero attached hydrogens (tertiary/aromatic N) is 2. The second kappa shape index (κ2) is 26.7. The van der Waals surface area contributed by atoms with Crippen LogP contribution >= 0.6 is 62.3 Å². The molecule has 0 saturated carbocycles. The maximum Gasteiger partial charge on any atom is 0.350 e. The van der Waals surface area contributed by atoms with Crippen molar-refractivity contribution in [1.82, 2.24) is 9.97 Å². The first-order valence-corrected chi connectivity index (χ1v) is 21.7. The Hall–Kier alpha value is -5.20. The van der Waals surface area contributed by atoms with E-state index in [4.69, 9.17) is 80.6 Å². The maximum absolute atomic E-state index is 14.3. The molecule has 2 unspecified atom stereocenters. The lowest BCUT2D eigenvalue weighted by molar-refractivity contribution is -0.181. The van der Waals surface area contributed by atoms with Crippen LogP contribution in [0.1, 0.15) is 52.7 Å². The van der Waals surface area contributed by atoms with E-state index >= 15 is 0 Å². The summed E-state index contributed by atoms with van der Waals surface area (Å²) in [6, 6.07) is 19.6. The molecule has 0 saturated heterocycles. The van der Waals surface area contributed by atoms with E-state index in [1.807, 2.05) is 48.5 Å². The number of rotatable bonds is 18. The van der Waals surface area contributed by atoms with Crippen LogP contribution in [-0.4, -0.2) is 70.5 Å². The third-order valence-corrected chi connectivity index (χ3v) is 10.0. The highest BCUT2D eigenvalue weighted by Crippen LogP contribution is 2.39. The van der Waals surface area contributed by atoms with Gasteiger partial charge in [0.15, 0.2) is 12.2 Å². The number of ether oxygens (including phenoxy) is 6. The molecule has 14 nitrogen and oxygen atoms in total. The number of carbonyl (C=O) groups excluding carboxylic acids is 4. The summed E-state index contributed by atoms with van der Waals surface area (Å²) in [4.78, 5) is 55.3. The first kappa shape index (κ1) is 55.9. The van der Waals surface area contributed by atoms with E-state index in [2.05, 4.69) is 56.5 Å². The van der Waals surface area contributed by atoms with E-state index < -0.39 is 70.1 Å². The van der Waals surface area contributed by atoms with Crippen molar-refractivity contribution >= 4 is 97.6 Å². The van der Waals surface area contributed by atoms with E-state index in [9.17, 15) is 28.0 Å². The highest BCUT2D eigenvalue weighted by molar-refractivity contribution is 9.08. The van der Waals surface area contributed by atoms with Crippen LogP contribution in [0, 0.1) is 11.9 Å². The summed E-state index contributed by atoms with van der Waals surface area (Å²) in [6.45, 7) is 15.1. The molecular weight excluding hydrogens is 1000 g/mol. The van der Waals surface area contributed by atoms with E-state index in [1.165, 1.54) is 59.3 Å². The third-order valence-electron chi connectivity index (χ3n) is 7.96. The van der Waals surface area contributed by atoms with Gasteiger partial charge in [0.1, 0.15) is 33.3 Å². The van der Waals surface area contributed by atoms with Crippen molar-refractivity contribution in [3.8, 4) is 11.8 Å². The van der Waals surface area contributed by atoms with Crippen LogP contribution in [0.5, 0.6) is 11.8 Å². The normalized spacial score (nSPS) is 11.7. The molecule has 2 aromatic carbocycles. The fraction of sp³-hybridized carbons (Fsp3) is 0.318. The lowest BCUT2D eigenvalue weighted by Gasteiger charge is -2.25. The number of halogens is 7. The molecule has 0 aliphatic rings. The molecule has 352 valence electrons. The summed E-state index contributed by atoms with van der Waals surface area (Å²) in [5.74, 6) is -6.30. The maximum atomic E-state index is 14.3. The van der Waals surface area contributed by atoms with Gasteiger partial charge < -0.3 is 39.5 Å². The number of esters is 4. The van der Waals surface area contributed by atoms with Crippen molar-refractivity contribution < 1.29 is 56.4 Å². The molecule has 0 spiro atoms. The van der Waals surface area contributed by atoms with Crippen LogP contribution in [0.4, 0.5) is 20.2 Å². The molecule has 0 amide bonds.